The van der Waals surface area contributed by atoms with Gasteiger partial charge >= 0.3 is 0 Å². The van der Waals surface area contributed by atoms with Crippen LogP contribution in [-0.2, 0) is 11.4 Å². The first kappa shape index (κ1) is 11.0. The van der Waals surface area contributed by atoms with Gasteiger partial charge in [-0.1, -0.05) is 6.07 Å². The van der Waals surface area contributed by atoms with Crippen molar-refractivity contribution in [3.05, 3.63) is 34.5 Å². The number of nitrogens with zero attached hydrogens (tertiary/aromatic N) is 2. The minimum absolute atomic E-state index is 0.0815. The monoisotopic (exact) mass is 261 g/mol. The molecule has 2 nitrogen and oxygen atoms in total. The summed E-state index contributed by atoms with van der Waals surface area (Å²) in [5.41, 5.74) is 2.12. The van der Waals surface area contributed by atoms with Crippen LogP contribution in [0.15, 0.2) is 39.9 Å². The van der Waals surface area contributed by atoms with Gasteiger partial charge in [0.1, 0.15) is 5.71 Å². The summed E-state index contributed by atoms with van der Waals surface area (Å²) in [6.07, 6.45) is 4.35. The van der Waals surface area contributed by atoms with Gasteiger partial charge in [0.05, 0.1) is 16.0 Å². The van der Waals surface area contributed by atoms with Gasteiger partial charge in [0.25, 0.3) is 0 Å². The van der Waals surface area contributed by atoms with E-state index in [0.29, 0.717) is 0 Å². The topological polar surface area (TPSA) is 24.7 Å². The zero-order chi connectivity index (χ0) is 11.9. The van der Waals surface area contributed by atoms with Crippen LogP contribution in [0.4, 0.5) is 0 Å². The molecule has 0 N–H and O–H groups in total. The van der Waals surface area contributed by atoms with Gasteiger partial charge in [-0.15, -0.1) is 16.4 Å². The fourth-order valence-corrected chi connectivity index (χ4v) is 3.94. The molecule has 0 aliphatic carbocycles. The molecule has 0 saturated carbocycles. The predicted molar refractivity (Wildman–Crippen MR) is 78.5 cm³/mol. The predicted octanol–water partition coefficient (Wildman–Crippen LogP) is 2.76. The molecule has 1 aromatic heterocycles. The maximum Gasteiger partial charge on any atom is 0.248 e. The molecule has 0 spiro atoms. The number of allylic oxidation sites excluding steroid dienone is 1. The lowest BCUT2D eigenvalue weighted by molar-refractivity contribution is 0.754. The highest BCUT2D eigenvalue weighted by Gasteiger charge is 2.42. The van der Waals surface area contributed by atoms with Crippen molar-refractivity contribution in [1.82, 2.24) is 0 Å². The lowest BCUT2D eigenvalue weighted by Gasteiger charge is -2.19. The first-order chi connectivity index (χ1) is 8.19. The third-order valence-corrected chi connectivity index (χ3v) is 4.90. The molecule has 0 aromatic carbocycles. The summed E-state index contributed by atoms with van der Waals surface area (Å²) in [7, 11) is 0. The zero-order valence-corrected chi connectivity index (χ0v) is 11.4. The van der Waals surface area contributed by atoms with E-state index in [0.717, 1.165) is 17.2 Å². The van der Waals surface area contributed by atoms with Crippen molar-refractivity contribution in [3.63, 3.8) is 0 Å². The standard InChI is InChI=1S/C13H13N2S2/c1-13(2)11(9-5-3-7-16-9)14-15-12(13)10-6-4-8-17-10/h3-7H,8H2,1-2H3/q+1. The Morgan fingerprint density at radius 3 is 2.76 bits per heavy atom. The fraction of sp³-hybridized carbons (Fsp3) is 0.308. The van der Waals surface area contributed by atoms with Crippen LogP contribution >= 0.6 is 11.3 Å². The Hall–Kier alpha value is -1.13. The number of rotatable bonds is 2. The smallest absolute Gasteiger partial charge is 0.153 e. The van der Waals surface area contributed by atoms with Gasteiger partial charge in [0.15, 0.2) is 17.1 Å². The molecule has 0 amide bonds. The van der Waals surface area contributed by atoms with Crippen LogP contribution in [0.2, 0.25) is 0 Å². The van der Waals surface area contributed by atoms with E-state index in [-0.39, 0.29) is 5.41 Å². The Kier molecular flexibility index (Phi) is 2.56. The van der Waals surface area contributed by atoms with Crippen LogP contribution in [0.1, 0.15) is 18.7 Å². The largest absolute Gasteiger partial charge is 0.248 e. The molecule has 3 rings (SSSR count). The lowest BCUT2D eigenvalue weighted by atomic mass is 9.81. The maximum absolute atomic E-state index is 4.41. The van der Waals surface area contributed by atoms with Gasteiger partial charge in [-0.25, -0.2) is 0 Å². The highest BCUT2D eigenvalue weighted by Crippen LogP contribution is 2.32. The molecule has 0 atom stereocenters. The van der Waals surface area contributed by atoms with Gasteiger partial charge in [-0.3, -0.25) is 0 Å². The Morgan fingerprint density at radius 2 is 2.12 bits per heavy atom. The number of thiophene rings is 1. The second-order valence-corrected chi connectivity index (χ2v) is 6.59. The highest BCUT2D eigenvalue weighted by atomic mass is 32.1. The van der Waals surface area contributed by atoms with E-state index in [1.807, 2.05) is 11.4 Å². The molecule has 0 fully saturated rings. The van der Waals surface area contributed by atoms with Crippen LogP contribution in [0.5, 0.6) is 0 Å². The minimum atomic E-state index is -0.0815. The van der Waals surface area contributed by atoms with Crippen molar-refractivity contribution in [3.8, 4) is 0 Å². The third kappa shape index (κ3) is 1.72. The molecule has 4 heteroatoms. The van der Waals surface area contributed by atoms with Gasteiger partial charge in [-0.05, 0) is 31.4 Å². The maximum atomic E-state index is 4.41. The minimum Gasteiger partial charge on any atom is -0.153 e. The molecule has 0 radical (unpaired) electrons. The summed E-state index contributed by atoms with van der Waals surface area (Å²) >= 11 is 3.57. The molecular formula is C13H13N2S2+. The van der Waals surface area contributed by atoms with Crippen molar-refractivity contribution in [2.45, 2.75) is 13.8 Å². The number of hydrogen-bond acceptors (Lipinski definition) is 3. The fourth-order valence-electron chi connectivity index (χ4n) is 2.08. The molecule has 2 aliphatic rings. The van der Waals surface area contributed by atoms with Crippen molar-refractivity contribution >= 4 is 39.0 Å². The van der Waals surface area contributed by atoms with Crippen molar-refractivity contribution in [1.29, 1.82) is 0 Å². The average molecular weight is 261 g/mol. The van der Waals surface area contributed by atoms with E-state index >= 15 is 0 Å². The first-order valence-corrected chi connectivity index (χ1v) is 7.43. The normalized spacial score (nSPS) is 21.4. The van der Waals surface area contributed by atoms with E-state index in [9.17, 15) is 0 Å². The van der Waals surface area contributed by atoms with E-state index in [4.69, 9.17) is 0 Å². The van der Waals surface area contributed by atoms with Crippen LogP contribution in [-0.4, -0.2) is 22.0 Å². The van der Waals surface area contributed by atoms with Crippen molar-refractivity contribution in [2.75, 3.05) is 5.75 Å². The van der Waals surface area contributed by atoms with E-state index in [1.165, 1.54) is 9.74 Å². The number of hydrogen-bond donors (Lipinski definition) is 0. The molecule has 17 heavy (non-hydrogen) atoms. The van der Waals surface area contributed by atoms with E-state index < -0.39 is 0 Å². The lowest BCUT2D eigenvalue weighted by Crippen LogP contribution is -2.34. The second kappa shape index (κ2) is 3.96. The second-order valence-electron chi connectivity index (χ2n) is 4.58. The summed E-state index contributed by atoms with van der Waals surface area (Å²) < 4.78 is 0. The third-order valence-electron chi connectivity index (χ3n) is 3.03. The summed E-state index contributed by atoms with van der Waals surface area (Å²) in [5.74, 6) is 1.05. The molecule has 0 bridgehead atoms. The van der Waals surface area contributed by atoms with E-state index in [2.05, 4.69) is 53.7 Å². The van der Waals surface area contributed by atoms with Gasteiger partial charge < -0.3 is 0 Å². The molecule has 3 heterocycles. The summed E-state index contributed by atoms with van der Waals surface area (Å²) in [6, 6.07) is 4.18. The Bertz CT molecular complexity index is 560. The SMILES string of the molecule is CC1(C)C(C2=[S+]CC=C2)=NN=C1c1cccs1. The molecule has 86 valence electrons. The summed E-state index contributed by atoms with van der Waals surface area (Å²) in [5, 5.41) is 10.9. The van der Waals surface area contributed by atoms with Crippen molar-refractivity contribution < 1.29 is 0 Å². The Labute approximate surface area is 109 Å². The molecule has 0 saturated heterocycles. The highest BCUT2D eigenvalue weighted by molar-refractivity contribution is 7.81. The Balaban J connectivity index is 1.97. The van der Waals surface area contributed by atoms with Crippen LogP contribution in [0.25, 0.3) is 0 Å². The van der Waals surface area contributed by atoms with Crippen molar-refractivity contribution in [2.24, 2.45) is 15.6 Å². The van der Waals surface area contributed by atoms with Gasteiger partial charge in [0, 0.05) is 6.08 Å². The first-order valence-electron chi connectivity index (χ1n) is 5.57. The van der Waals surface area contributed by atoms with Gasteiger partial charge in [-0.2, -0.15) is 5.10 Å². The zero-order valence-electron chi connectivity index (χ0n) is 9.80. The van der Waals surface area contributed by atoms with Crippen LogP contribution in [0.3, 0.4) is 0 Å². The van der Waals surface area contributed by atoms with Crippen LogP contribution in [0, 0.1) is 5.41 Å². The Morgan fingerprint density at radius 1 is 1.29 bits per heavy atom. The van der Waals surface area contributed by atoms with Gasteiger partial charge in [0.2, 0.25) is 4.86 Å². The summed E-state index contributed by atoms with van der Waals surface area (Å²) in [6.45, 7) is 4.41. The molecule has 2 aliphatic heterocycles. The van der Waals surface area contributed by atoms with E-state index in [1.54, 1.807) is 11.3 Å². The molecule has 1 aromatic rings. The quantitative estimate of drug-likeness (QED) is 0.578. The average Bonchev–Trinajstić information content (AvgIpc) is 2.96. The summed E-state index contributed by atoms with van der Waals surface area (Å²) in [4.78, 5) is 2.49. The molecule has 0 unspecified atom stereocenters. The van der Waals surface area contributed by atoms with Crippen LogP contribution < -0.4 is 0 Å². The molecular weight excluding hydrogens is 248 g/mol.